The van der Waals surface area contributed by atoms with Crippen LogP contribution in [0.1, 0.15) is 10.4 Å². The molecule has 0 bridgehead atoms. The van der Waals surface area contributed by atoms with E-state index in [0.29, 0.717) is 16.9 Å². The highest BCUT2D eigenvalue weighted by molar-refractivity contribution is 9.09. The van der Waals surface area contributed by atoms with Gasteiger partial charge in [-0.2, -0.15) is 0 Å². The van der Waals surface area contributed by atoms with Gasteiger partial charge in [0.15, 0.2) is 0 Å². The molecule has 5 nitrogen and oxygen atoms in total. The Balaban J connectivity index is 2.62. The normalized spacial score (nSPS) is 12.1. The largest absolute Gasteiger partial charge is 0.508 e. The molecule has 0 saturated carbocycles. The van der Waals surface area contributed by atoms with Gasteiger partial charge in [-0.15, -0.1) is 0 Å². The van der Waals surface area contributed by atoms with Crippen molar-refractivity contribution in [3.63, 3.8) is 0 Å². The van der Waals surface area contributed by atoms with Crippen LogP contribution in [-0.4, -0.2) is 23.3 Å². The molecule has 6 heteroatoms. The lowest BCUT2D eigenvalue weighted by Gasteiger charge is -2.14. The minimum Gasteiger partial charge on any atom is -0.508 e. The quantitative estimate of drug-likeness (QED) is 0.669. The van der Waals surface area contributed by atoms with Crippen molar-refractivity contribution in [2.45, 2.75) is 4.83 Å². The third kappa shape index (κ3) is 2.58. The van der Waals surface area contributed by atoms with Gasteiger partial charge in [-0.25, -0.2) is 0 Å². The van der Waals surface area contributed by atoms with Gasteiger partial charge < -0.3 is 19.4 Å². The van der Waals surface area contributed by atoms with Crippen molar-refractivity contribution in [3.8, 4) is 22.8 Å². The number of hydrogen-bond acceptors (Lipinski definition) is 5. The van der Waals surface area contributed by atoms with E-state index in [1.54, 1.807) is 12.1 Å². The average Bonchev–Trinajstić information content (AvgIpc) is 2.89. The van der Waals surface area contributed by atoms with Crippen molar-refractivity contribution in [1.29, 1.82) is 0 Å². The Kier molecular flexibility index (Phi) is 3.80. The second-order valence-electron chi connectivity index (χ2n) is 3.79. The number of furan rings is 1. The van der Waals surface area contributed by atoms with Crippen LogP contribution in [0.15, 0.2) is 34.9 Å². The Labute approximate surface area is 117 Å². The summed E-state index contributed by atoms with van der Waals surface area (Å²) in [7, 11) is 1.26. The van der Waals surface area contributed by atoms with E-state index in [1.807, 2.05) is 0 Å². The molecule has 0 spiro atoms. The van der Waals surface area contributed by atoms with E-state index in [9.17, 15) is 15.0 Å². The molecule has 19 heavy (non-hydrogen) atoms. The minimum absolute atomic E-state index is 0.156. The summed E-state index contributed by atoms with van der Waals surface area (Å²) >= 11 is 3.18. The van der Waals surface area contributed by atoms with Crippen molar-refractivity contribution in [1.82, 2.24) is 0 Å². The van der Waals surface area contributed by atoms with Crippen LogP contribution in [0.4, 0.5) is 0 Å². The Morgan fingerprint density at radius 1 is 1.42 bits per heavy atom. The lowest BCUT2D eigenvalue weighted by Crippen LogP contribution is -2.09. The highest BCUT2D eigenvalue weighted by atomic mass is 79.9. The Hall–Kier alpha value is -1.95. The Morgan fingerprint density at radius 2 is 2.16 bits per heavy atom. The molecule has 0 fully saturated rings. The van der Waals surface area contributed by atoms with Crippen molar-refractivity contribution in [2.75, 3.05) is 7.11 Å². The topological polar surface area (TPSA) is 79.9 Å². The number of benzene rings is 1. The van der Waals surface area contributed by atoms with E-state index in [1.165, 1.54) is 25.5 Å². The number of esters is 1. The van der Waals surface area contributed by atoms with Crippen LogP contribution in [-0.2, 0) is 9.53 Å². The van der Waals surface area contributed by atoms with Gasteiger partial charge in [0.25, 0.3) is 0 Å². The molecule has 1 atom stereocenters. The summed E-state index contributed by atoms with van der Waals surface area (Å²) in [5.41, 5.74) is 0.689. The molecule has 2 N–H and O–H groups in total. The molecule has 0 aliphatic heterocycles. The summed E-state index contributed by atoms with van der Waals surface area (Å²) in [4.78, 5) is 10.8. The summed E-state index contributed by atoms with van der Waals surface area (Å²) in [6.45, 7) is 0. The molecule has 0 saturated heterocycles. The monoisotopic (exact) mass is 326 g/mol. The number of phenolic OH excluding ortho intramolecular Hbond substituents is 2. The van der Waals surface area contributed by atoms with Crippen LogP contribution < -0.4 is 0 Å². The molecule has 100 valence electrons. The molecule has 1 heterocycles. The summed E-state index contributed by atoms with van der Waals surface area (Å²) in [5, 5.41) is 19.5. The maximum absolute atomic E-state index is 11.6. The standard InChI is InChI=1S/C13H11BrO5/c1-18-13(17)12(14)8-5-7(15)6-9(16)11(8)10-3-2-4-19-10/h2-6,12,15-16H,1H3. The van der Waals surface area contributed by atoms with Gasteiger partial charge in [0.1, 0.15) is 22.1 Å². The Bertz CT molecular complexity index is 591. The molecule has 0 aliphatic carbocycles. The number of carbonyl (C=O) groups is 1. The molecule has 1 unspecified atom stereocenters. The summed E-state index contributed by atoms with van der Waals surface area (Å²) in [5.74, 6) is -0.492. The number of halogens is 1. The van der Waals surface area contributed by atoms with Gasteiger partial charge in [-0.1, -0.05) is 15.9 Å². The van der Waals surface area contributed by atoms with Gasteiger partial charge in [0, 0.05) is 6.07 Å². The predicted molar refractivity (Wildman–Crippen MR) is 71.2 cm³/mol. The van der Waals surface area contributed by atoms with Crippen LogP contribution in [0.5, 0.6) is 11.5 Å². The molecule has 1 aromatic carbocycles. The van der Waals surface area contributed by atoms with E-state index >= 15 is 0 Å². The first-order chi connectivity index (χ1) is 9.04. The van der Waals surface area contributed by atoms with Crippen molar-refractivity contribution < 1.29 is 24.2 Å². The van der Waals surface area contributed by atoms with Crippen molar-refractivity contribution >= 4 is 21.9 Å². The first-order valence-corrected chi connectivity index (χ1v) is 6.27. The molecule has 2 rings (SSSR count). The fraction of sp³-hybridized carbons (Fsp3) is 0.154. The van der Waals surface area contributed by atoms with Gasteiger partial charge in [0.2, 0.25) is 0 Å². The lowest BCUT2D eigenvalue weighted by atomic mass is 10.0. The highest BCUT2D eigenvalue weighted by Crippen LogP contribution is 2.41. The van der Waals surface area contributed by atoms with Crippen LogP contribution in [0.2, 0.25) is 0 Å². The SMILES string of the molecule is COC(=O)C(Br)c1cc(O)cc(O)c1-c1ccco1. The Morgan fingerprint density at radius 3 is 2.74 bits per heavy atom. The predicted octanol–water partition coefficient (Wildman–Crippen LogP) is 2.97. The highest BCUT2D eigenvalue weighted by Gasteiger charge is 2.25. The second-order valence-corrected chi connectivity index (χ2v) is 4.71. The zero-order chi connectivity index (χ0) is 14.0. The van der Waals surface area contributed by atoms with E-state index in [2.05, 4.69) is 20.7 Å². The lowest BCUT2D eigenvalue weighted by molar-refractivity contribution is -0.139. The van der Waals surface area contributed by atoms with Gasteiger partial charge in [-0.3, -0.25) is 4.79 Å². The molecule has 0 radical (unpaired) electrons. The summed E-state index contributed by atoms with van der Waals surface area (Å²) < 4.78 is 9.87. The number of ether oxygens (including phenoxy) is 1. The molecule has 0 aliphatic rings. The number of carbonyl (C=O) groups excluding carboxylic acids is 1. The number of rotatable bonds is 3. The van der Waals surface area contributed by atoms with Gasteiger partial charge >= 0.3 is 5.97 Å². The smallest absolute Gasteiger partial charge is 0.324 e. The van der Waals surface area contributed by atoms with Crippen LogP contribution in [0.3, 0.4) is 0 Å². The van der Waals surface area contributed by atoms with Gasteiger partial charge in [-0.05, 0) is 23.8 Å². The number of hydrogen-bond donors (Lipinski definition) is 2. The number of methoxy groups -OCH3 is 1. The zero-order valence-corrected chi connectivity index (χ0v) is 11.5. The van der Waals surface area contributed by atoms with Crippen molar-refractivity contribution in [3.05, 3.63) is 36.1 Å². The number of aromatic hydroxyl groups is 2. The fourth-order valence-electron chi connectivity index (χ4n) is 1.75. The first-order valence-electron chi connectivity index (χ1n) is 5.36. The maximum Gasteiger partial charge on any atom is 0.324 e. The third-order valence-electron chi connectivity index (χ3n) is 2.58. The molecule has 0 amide bonds. The minimum atomic E-state index is -0.824. The first kappa shape index (κ1) is 13.5. The van der Waals surface area contributed by atoms with E-state index in [4.69, 9.17) is 4.42 Å². The molecular formula is C13H11BrO5. The third-order valence-corrected chi connectivity index (χ3v) is 3.45. The molecule has 2 aromatic rings. The van der Waals surface area contributed by atoms with Crippen LogP contribution >= 0.6 is 15.9 Å². The van der Waals surface area contributed by atoms with Crippen LogP contribution in [0.25, 0.3) is 11.3 Å². The number of phenols is 2. The maximum atomic E-state index is 11.6. The van der Waals surface area contributed by atoms with E-state index < -0.39 is 10.8 Å². The van der Waals surface area contributed by atoms with Gasteiger partial charge in [0.05, 0.1) is 18.9 Å². The fourth-order valence-corrected chi connectivity index (χ4v) is 2.30. The second kappa shape index (κ2) is 5.36. The zero-order valence-electron chi connectivity index (χ0n) is 9.96. The van der Waals surface area contributed by atoms with Crippen LogP contribution in [0, 0.1) is 0 Å². The number of alkyl halides is 1. The van der Waals surface area contributed by atoms with E-state index in [-0.39, 0.29) is 11.5 Å². The summed E-state index contributed by atoms with van der Waals surface area (Å²) in [6, 6.07) is 5.85. The van der Waals surface area contributed by atoms with Crippen molar-refractivity contribution in [2.24, 2.45) is 0 Å². The average molecular weight is 327 g/mol. The van der Waals surface area contributed by atoms with E-state index in [0.717, 1.165) is 0 Å². The molecular weight excluding hydrogens is 316 g/mol. The summed E-state index contributed by atoms with van der Waals surface area (Å²) in [6.07, 6.45) is 1.45. The molecule has 1 aromatic heterocycles.